The number of rotatable bonds is 7. The summed E-state index contributed by atoms with van der Waals surface area (Å²) in [6, 6.07) is 5.76. The van der Waals surface area contributed by atoms with Crippen molar-refractivity contribution >= 4 is 0 Å². The SMILES string of the molecule is CCn1ccnc1COc1ccc(CNC2CC2)cc1F. The average molecular weight is 289 g/mol. The van der Waals surface area contributed by atoms with Crippen LogP contribution in [0.2, 0.25) is 0 Å². The van der Waals surface area contributed by atoms with Gasteiger partial charge in [-0.3, -0.25) is 0 Å². The number of ether oxygens (including phenoxy) is 1. The van der Waals surface area contributed by atoms with Crippen LogP contribution in [0.15, 0.2) is 30.6 Å². The van der Waals surface area contributed by atoms with Gasteiger partial charge in [0.25, 0.3) is 0 Å². The molecule has 0 bridgehead atoms. The summed E-state index contributed by atoms with van der Waals surface area (Å²) in [5.41, 5.74) is 0.946. The van der Waals surface area contributed by atoms with Crippen LogP contribution in [-0.4, -0.2) is 15.6 Å². The number of aromatic nitrogens is 2. The Balaban J connectivity index is 1.59. The highest BCUT2D eigenvalue weighted by Gasteiger charge is 2.20. The molecule has 0 atom stereocenters. The number of aryl methyl sites for hydroxylation is 1. The van der Waals surface area contributed by atoms with Gasteiger partial charge >= 0.3 is 0 Å². The Kier molecular flexibility index (Phi) is 4.20. The monoisotopic (exact) mass is 289 g/mol. The van der Waals surface area contributed by atoms with Crippen LogP contribution in [0.3, 0.4) is 0 Å². The molecule has 1 aliphatic carbocycles. The van der Waals surface area contributed by atoms with Crippen LogP contribution in [-0.2, 0) is 19.7 Å². The van der Waals surface area contributed by atoms with E-state index in [-0.39, 0.29) is 18.2 Å². The maximum absolute atomic E-state index is 14.0. The predicted octanol–water partition coefficient (Wildman–Crippen LogP) is 2.87. The summed E-state index contributed by atoms with van der Waals surface area (Å²) < 4.78 is 21.5. The zero-order chi connectivity index (χ0) is 14.7. The van der Waals surface area contributed by atoms with Crippen molar-refractivity contribution in [1.29, 1.82) is 0 Å². The molecule has 112 valence electrons. The molecule has 0 saturated heterocycles. The van der Waals surface area contributed by atoms with Gasteiger partial charge in [0.1, 0.15) is 12.4 Å². The van der Waals surface area contributed by atoms with Crippen LogP contribution in [0.1, 0.15) is 31.2 Å². The summed E-state index contributed by atoms with van der Waals surface area (Å²) in [5, 5.41) is 3.37. The highest BCUT2D eigenvalue weighted by atomic mass is 19.1. The van der Waals surface area contributed by atoms with E-state index >= 15 is 0 Å². The number of nitrogens with one attached hydrogen (secondary N) is 1. The fourth-order valence-electron chi connectivity index (χ4n) is 2.23. The van der Waals surface area contributed by atoms with E-state index in [1.807, 2.05) is 23.8 Å². The molecule has 5 heteroatoms. The van der Waals surface area contributed by atoms with Crippen LogP contribution >= 0.6 is 0 Å². The van der Waals surface area contributed by atoms with Crippen molar-refractivity contribution in [2.24, 2.45) is 0 Å². The first-order valence-electron chi connectivity index (χ1n) is 7.41. The van der Waals surface area contributed by atoms with Gasteiger partial charge in [0.2, 0.25) is 0 Å². The Morgan fingerprint density at radius 3 is 3.00 bits per heavy atom. The molecule has 0 spiro atoms. The van der Waals surface area contributed by atoms with Crippen molar-refractivity contribution in [3.8, 4) is 5.75 Å². The molecule has 1 fully saturated rings. The average Bonchev–Trinajstić information content (AvgIpc) is 3.21. The third-order valence-electron chi connectivity index (χ3n) is 3.67. The molecule has 4 nitrogen and oxygen atoms in total. The van der Waals surface area contributed by atoms with Crippen LogP contribution in [0.5, 0.6) is 5.75 Å². The van der Waals surface area contributed by atoms with E-state index in [0.29, 0.717) is 12.6 Å². The third-order valence-corrected chi connectivity index (χ3v) is 3.67. The molecule has 2 aromatic rings. The molecule has 3 rings (SSSR count). The van der Waals surface area contributed by atoms with E-state index in [2.05, 4.69) is 10.3 Å². The first kappa shape index (κ1) is 14.1. The molecule has 0 unspecified atom stereocenters. The highest BCUT2D eigenvalue weighted by molar-refractivity contribution is 5.29. The van der Waals surface area contributed by atoms with Gasteiger partial charge in [-0.25, -0.2) is 9.37 Å². The standard InChI is InChI=1S/C16H20FN3O/c1-2-20-8-7-18-16(20)11-21-15-6-3-12(9-14(15)17)10-19-13-4-5-13/h3,6-9,13,19H,2,4-5,10-11H2,1H3. The summed E-state index contributed by atoms with van der Waals surface area (Å²) in [5.74, 6) is 0.756. The quantitative estimate of drug-likeness (QED) is 0.852. The lowest BCUT2D eigenvalue weighted by Crippen LogP contribution is -2.15. The number of imidazole rings is 1. The molecule has 21 heavy (non-hydrogen) atoms. The topological polar surface area (TPSA) is 39.1 Å². The van der Waals surface area contributed by atoms with Crippen LogP contribution in [0, 0.1) is 5.82 Å². The zero-order valence-electron chi connectivity index (χ0n) is 12.2. The molecule has 1 N–H and O–H groups in total. The van der Waals surface area contributed by atoms with E-state index in [0.717, 1.165) is 17.9 Å². The van der Waals surface area contributed by atoms with Gasteiger partial charge in [-0.2, -0.15) is 0 Å². The third kappa shape index (κ3) is 3.61. The maximum atomic E-state index is 14.0. The normalized spacial score (nSPS) is 14.4. The fourth-order valence-corrected chi connectivity index (χ4v) is 2.23. The van der Waals surface area contributed by atoms with Gasteiger partial charge in [-0.15, -0.1) is 0 Å². The van der Waals surface area contributed by atoms with Crippen molar-refractivity contribution in [1.82, 2.24) is 14.9 Å². The van der Waals surface area contributed by atoms with E-state index in [1.54, 1.807) is 12.3 Å². The van der Waals surface area contributed by atoms with Crippen molar-refractivity contribution in [2.75, 3.05) is 0 Å². The minimum absolute atomic E-state index is 0.274. The van der Waals surface area contributed by atoms with Gasteiger partial charge in [0.15, 0.2) is 11.6 Å². The number of halogens is 1. The second-order valence-electron chi connectivity index (χ2n) is 5.34. The van der Waals surface area contributed by atoms with E-state index in [4.69, 9.17) is 4.74 Å². The summed E-state index contributed by atoms with van der Waals surface area (Å²) >= 11 is 0. The van der Waals surface area contributed by atoms with Crippen molar-refractivity contribution in [3.63, 3.8) is 0 Å². The van der Waals surface area contributed by atoms with Crippen LogP contribution in [0.4, 0.5) is 4.39 Å². The first-order valence-corrected chi connectivity index (χ1v) is 7.41. The van der Waals surface area contributed by atoms with Gasteiger partial charge in [0, 0.05) is 31.5 Å². The van der Waals surface area contributed by atoms with Crippen LogP contribution < -0.4 is 10.1 Å². The van der Waals surface area contributed by atoms with Crippen molar-refractivity contribution in [2.45, 2.75) is 45.5 Å². The summed E-state index contributed by atoms with van der Waals surface area (Å²) in [4.78, 5) is 4.21. The lowest BCUT2D eigenvalue weighted by atomic mass is 10.2. The molecule has 1 heterocycles. The Morgan fingerprint density at radius 1 is 1.43 bits per heavy atom. The minimum Gasteiger partial charge on any atom is -0.483 e. The Morgan fingerprint density at radius 2 is 2.29 bits per heavy atom. The Labute approximate surface area is 124 Å². The molecule has 1 saturated carbocycles. The molecular weight excluding hydrogens is 269 g/mol. The van der Waals surface area contributed by atoms with Crippen molar-refractivity contribution in [3.05, 3.63) is 47.8 Å². The predicted molar refractivity (Wildman–Crippen MR) is 78.5 cm³/mol. The summed E-state index contributed by atoms with van der Waals surface area (Å²) in [6.45, 7) is 3.85. The molecule has 0 radical (unpaired) electrons. The molecule has 0 amide bonds. The maximum Gasteiger partial charge on any atom is 0.165 e. The van der Waals surface area contributed by atoms with Crippen molar-refractivity contribution < 1.29 is 9.13 Å². The fraction of sp³-hybridized carbons (Fsp3) is 0.438. The highest BCUT2D eigenvalue weighted by Crippen LogP contribution is 2.22. The molecule has 1 aromatic heterocycles. The minimum atomic E-state index is -0.320. The summed E-state index contributed by atoms with van der Waals surface area (Å²) in [7, 11) is 0. The number of nitrogens with zero attached hydrogens (tertiary/aromatic N) is 2. The van der Waals surface area contributed by atoms with Gasteiger partial charge < -0.3 is 14.6 Å². The Hall–Kier alpha value is -1.88. The van der Waals surface area contributed by atoms with E-state index in [9.17, 15) is 4.39 Å². The first-order chi connectivity index (χ1) is 10.3. The lowest BCUT2D eigenvalue weighted by molar-refractivity contribution is 0.275. The van der Waals surface area contributed by atoms with Gasteiger partial charge in [-0.1, -0.05) is 6.07 Å². The lowest BCUT2D eigenvalue weighted by Gasteiger charge is -2.10. The summed E-state index contributed by atoms with van der Waals surface area (Å²) in [6.07, 6.45) is 6.08. The zero-order valence-corrected chi connectivity index (χ0v) is 12.2. The van der Waals surface area contributed by atoms with Gasteiger partial charge in [0.05, 0.1) is 0 Å². The number of benzene rings is 1. The molecule has 1 aliphatic rings. The molecular formula is C16H20FN3O. The van der Waals surface area contributed by atoms with Gasteiger partial charge in [-0.05, 0) is 37.5 Å². The smallest absolute Gasteiger partial charge is 0.165 e. The Bertz CT molecular complexity index is 607. The molecule has 0 aliphatic heterocycles. The molecule has 1 aromatic carbocycles. The number of hydrogen-bond acceptors (Lipinski definition) is 3. The largest absolute Gasteiger partial charge is 0.483 e. The second-order valence-corrected chi connectivity index (χ2v) is 5.34. The van der Waals surface area contributed by atoms with E-state index < -0.39 is 0 Å². The second kappa shape index (κ2) is 6.26. The number of hydrogen-bond donors (Lipinski definition) is 1. The van der Waals surface area contributed by atoms with Crippen LogP contribution in [0.25, 0.3) is 0 Å². The van der Waals surface area contributed by atoms with E-state index in [1.165, 1.54) is 18.9 Å².